The van der Waals surface area contributed by atoms with Crippen molar-refractivity contribution in [3.63, 3.8) is 0 Å². The van der Waals surface area contributed by atoms with E-state index in [9.17, 15) is 0 Å². The molecule has 0 aliphatic heterocycles. The summed E-state index contributed by atoms with van der Waals surface area (Å²) in [6, 6.07) is 2.88. The fourth-order valence-electron chi connectivity index (χ4n) is 4.31. The molecule has 17 heavy (non-hydrogen) atoms. The molecule has 90 valence electrons. The van der Waals surface area contributed by atoms with Gasteiger partial charge < -0.3 is 5.32 Å². The minimum Gasteiger partial charge on any atom is -0.367 e. The number of hydrogen-bond acceptors (Lipinski definition) is 2. The zero-order valence-electron chi connectivity index (χ0n) is 9.99. The summed E-state index contributed by atoms with van der Waals surface area (Å²) in [6.07, 6.45) is 6.39. The fraction of sp³-hybridized carbons (Fsp3) is 0.643. The standard InChI is InChI=1S/C14H17BrN2/c1-7-4-11(16-6-10(7)15)17-14-12-8-2-3-9(5-8)13(12)14/h4,6,8-9,12-14H,2-3,5H2,1H3,(H,16,17). The fourth-order valence-corrected chi connectivity index (χ4v) is 4.52. The molecule has 1 aromatic rings. The number of halogens is 1. The third kappa shape index (κ3) is 1.48. The van der Waals surface area contributed by atoms with Crippen LogP contribution in [-0.2, 0) is 0 Å². The summed E-state index contributed by atoms with van der Waals surface area (Å²) in [5.41, 5.74) is 1.26. The maximum atomic E-state index is 4.46. The van der Waals surface area contributed by atoms with Crippen LogP contribution in [0.25, 0.3) is 0 Å². The summed E-state index contributed by atoms with van der Waals surface area (Å²) >= 11 is 3.50. The Bertz CT molecular complexity index is 457. The molecule has 2 nitrogen and oxygen atoms in total. The largest absolute Gasteiger partial charge is 0.367 e. The molecule has 0 aromatic carbocycles. The van der Waals surface area contributed by atoms with Crippen molar-refractivity contribution >= 4 is 21.7 Å². The van der Waals surface area contributed by atoms with Crippen LogP contribution in [0.4, 0.5) is 5.82 Å². The Labute approximate surface area is 110 Å². The van der Waals surface area contributed by atoms with Gasteiger partial charge in [0.1, 0.15) is 5.82 Å². The van der Waals surface area contributed by atoms with E-state index in [2.05, 4.69) is 39.2 Å². The Balaban J connectivity index is 1.51. The molecule has 4 atom stereocenters. The van der Waals surface area contributed by atoms with Crippen LogP contribution in [0.15, 0.2) is 16.7 Å². The van der Waals surface area contributed by atoms with E-state index in [1.165, 1.54) is 24.8 Å². The highest BCUT2D eigenvalue weighted by Gasteiger charge is 2.65. The van der Waals surface area contributed by atoms with Crippen molar-refractivity contribution in [2.45, 2.75) is 32.2 Å². The van der Waals surface area contributed by atoms with Crippen molar-refractivity contribution in [1.29, 1.82) is 0 Å². The van der Waals surface area contributed by atoms with Gasteiger partial charge in [-0.25, -0.2) is 4.98 Å². The molecule has 0 saturated heterocycles. The number of aromatic nitrogens is 1. The van der Waals surface area contributed by atoms with E-state index in [1.807, 2.05) is 6.20 Å². The first-order chi connectivity index (χ1) is 8.24. The number of nitrogens with zero attached hydrogens (tertiary/aromatic N) is 1. The first-order valence-electron chi connectivity index (χ1n) is 6.63. The molecular weight excluding hydrogens is 276 g/mol. The molecule has 1 N–H and O–H groups in total. The molecule has 3 aliphatic carbocycles. The average Bonchev–Trinajstić information content (AvgIpc) is 2.73. The number of hydrogen-bond donors (Lipinski definition) is 1. The van der Waals surface area contributed by atoms with Crippen molar-refractivity contribution in [2.75, 3.05) is 5.32 Å². The van der Waals surface area contributed by atoms with Crippen LogP contribution in [-0.4, -0.2) is 11.0 Å². The van der Waals surface area contributed by atoms with Crippen LogP contribution < -0.4 is 5.32 Å². The zero-order valence-corrected chi connectivity index (χ0v) is 11.6. The van der Waals surface area contributed by atoms with Crippen LogP contribution in [0, 0.1) is 30.6 Å². The maximum absolute atomic E-state index is 4.46. The molecule has 3 aliphatic rings. The van der Waals surface area contributed by atoms with Gasteiger partial charge in [0.15, 0.2) is 0 Å². The predicted molar refractivity (Wildman–Crippen MR) is 71.9 cm³/mol. The van der Waals surface area contributed by atoms with Gasteiger partial charge in [0, 0.05) is 16.7 Å². The summed E-state index contributed by atoms with van der Waals surface area (Å²) in [5.74, 6) is 5.06. The van der Waals surface area contributed by atoms with E-state index in [0.717, 1.165) is 40.0 Å². The van der Waals surface area contributed by atoms with Crippen molar-refractivity contribution in [3.8, 4) is 0 Å². The van der Waals surface area contributed by atoms with Gasteiger partial charge in [0.05, 0.1) is 0 Å². The number of pyridine rings is 1. The Morgan fingerprint density at radius 2 is 2.00 bits per heavy atom. The van der Waals surface area contributed by atoms with E-state index in [1.54, 1.807) is 0 Å². The Kier molecular flexibility index (Phi) is 2.11. The van der Waals surface area contributed by atoms with Gasteiger partial charge in [0.2, 0.25) is 0 Å². The number of rotatable bonds is 2. The molecule has 0 spiro atoms. The second kappa shape index (κ2) is 3.47. The van der Waals surface area contributed by atoms with Crippen molar-refractivity contribution < 1.29 is 0 Å². The number of anilines is 1. The highest BCUT2D eigenvalue weighted by molar-refractivity contribution is 9.10. The summed E-state index contributed by atoms with van der Waals surface area (Å²) < 4.78 is 1.10. The monoisotopic (exact) mass is 292 g/mol. The van der Waals surface area contributed by atoms with Crippen LogP contribution in [0.3, 0.4) is 0 Å². The van der Waals surface area contributed by atoms with Crippen molar-refractivity contribution in [3.05, 3.63) is 22.3 Å². The number of aryl methyl sites for hydroxylation is 1. The Hall–Kier alpha value is -0.570. The summed E-state index contributed by atoms with van der Waals surface area (Å²) in [5, 5.41) is 3.65. The number of fused-ring (bicyclic) bond motifs is 5. The lowest BCUT2D eigenvalue weighted by Crippen LogP contribution is -2.13. The molecule has 1 heterocycles. The third-order valence-electron chi connectivity index (χ3n) is 5.10. The van der Waals surface area contributed by atoms with Crippen LogP contribution >= 0.6 is 15.9 Å². The summed E-state index contributed by atoms with van der Waals surface area (Å²) in [6.45, 7) is 2.12. The van der Waals surface area contributed by atoms with Gasteiger partial charge in [0.25, 0.3) is 0 Å². The van der Waals surface area contributed by atoms with Crippen molar-refractivity contribution in [2.24, 2.45) is 23.7 Å². The van der Waals surface area contributed by atoms with Crippen molar-refractivity contribution in [1.82, 2.24) is 4.98 Å². The van der Waals surface area contributed by atoms with E-state index in [-0.39, 0.29) is 0 Å². The minimum atomic E-state index is 0.731. The topological polar surface area (TPSA) is 24.9 Å². The zero-order chi connectivity index (χ0) is 11.6. The Morgan fingerprint density at radius 3 is 2.65 bits per heavy atom. The van der Waals surface area contributed by atoms with Gasteiger partial charge in [-0.05, 0) is 77.4 Å². The van der Waals surface area contributed by atoms with Gasteiger partial charge in [-0.15, -0.1) is 0 Å². The van der Waals surface area contributed by atoms with E-state index >= 15 is 0 Å². The highest BCUT2D eigenvalue weighted by atomic mass is 79.9. The smallest absolute Gasteiger partial charge is 0.126 e. The SMILES string of the molecule is Cc1cc(NC2C3C4CCC(C4)C23)ncc1Br. The maximum Gasteiger partial charge on any atom is 0.126 e. The molecule has 0 amide bonds. The van der Waals surface area contributed by atoms with E-state index in [0.29, 0.717) is 0 Å². The molecule has 4 rings (SSSR count). The Morgan fingerprint density at radius 1 is 1.29 bits per heavy atom. The van der Waals surface area contributed by atoms with E-state index < -0.39 is 0 Å². The second-order valence-electron chi connectivity index (χ2n) is 5.98. The second-order valence-corrected chi connectivity index (χ2v) is 6.83. The first-order valence-corrected chi connectivity index (χ1v) is 7.42. The van der Waals surface area contributed by atoms with Gasteiger partial charge in [-0.3, -0.25) is 0 Å². The molecule has 3 fully saturated rings. The van der Waals surface area contributed by atoms with Gasteiger partial charge >= 0.3 is 0 Å². The lowest BCUT2D eigenvalue weighted by molar-refractivity contribution is 0.456. The van der Waals surface area contributed by atoms with E-state index in [4.69, 9.17) is 0 Å². The van der Waals surface area contributed by atoms with Crippen LogP contribution in [0.1, 0.15) is 24.8 Å². The number of nitrogens with one attached hydrogen (secondary N) is 1. The third-order valence-corrected chi connectivity index (χ3v) is 5.93. The summed E-state index contributed by atoms with van der Waals surface area (Å²) in [4.78, 5) is 4.46. The minimum absolute atomic E-state index is 0.731. The predicted octanol–water partition coefficient (Wildman–Crippen LogP) is 3.61. The lowest BCUT2D eigenvalue weighted by Gasteiger charge is -2.11. The van der Waals surface area contributed by atoms with Crippen LogP contribution in [0.2, 0.25) is 0 Å². The normalized spacial score (nSPS) is 41.4. The molecule has 0 radical (unpaired) electrons. The van der Waals surface area contributed by atoms with Gasteiger partial charge in [-0.2, -0.15) is 0 Å². The highest BCUT2D eigenvalue weighted by Crippen LogP contribution is 2.66. The first kappa shape index (κ1) is 10.4. The quantitative estimate of drug-likeness (QED) is 0.901. The average molecular weight is 293 g/mol. The molecular formula is C14H17BrN2. The molecule has 1 aromatic heterocycles. The molecule has 4 unspecified atom stereocenters. The van der Waals surface area contributed by atoms with Gasteiger partial charge in [-0.1, -0.05) is 0 Å². The lowest BCUT2D eigenvalue weighted by atomic mass is 10.0. The molecule has 2 bridgehead atoms. The summed E-state index contributed by atoms with van der Waals surface area (Å²) in [7, 11) is 0. The molecule has 3 heteroatoms. The van der Waals surface area contributed by atoms with Crippen LogP contribution in [0.5, 0.6) is 0 Å². The molecule has 3 saturated carbocycles.